The predicted molar refractivity (Wildman–Crippen MR) is 147 cm³/mol. The van der Waals surface area contributed by atoms with Crippen LogP contribution in [0.5, 0.6) is 0 Å². The summed E-state index contributed by atoms with van der Waals surface area (Å²) >= 11 is 1.77. The number of thiophene rings is 1. The Morgan fingerprint density at radius 1 is 0.889 bits per heavy atom. The maximum Gasteiger partial charge on any atom is 0.116 e. The Hall–Kier alpha value is -3.81. The molecule has 6 heterocycles. The summed E-state index contributed by atoms with van der Waals surface area (Å²) < 4.78 is 0. The summed E-state index contributed by atoms with van der Waals surface area (Å²) in [7, 11) is 0. The molecule has 0 saturated carbocycles. The molecule has 6 aromatic rings. The van der Waals surface area contributed by atoms with Crippen LogP contribution in [0.2, 0.25) is 0 Å². The Labute approximate surface area is 213 Å². The molecule has 178 valence electrons. The van der Waals surface area contributed by atoms with Gasteiger partial charge in [-0.15, -0.1) is 11.3 Å². The molecule has 0 spiro atoms. The van der Waals surface area contributed by atoms with Gasteiger partial charge < -0.3 is 4.98 Å². The number of H-pyrrole nitrogens is 2. The van der Waals surface area contributed by atoms with Crippen LogP contribution in [-0.4, -0.2) is 43.1 Å². The Morgan fingerprint density at radius 3 is 2.64 bits per heavy atom. The van der Waals surface area contributed by atoms with Crippen LogP contribution in [0.15, 0.2) is 67.1 Å². The van der Waals surface area contributed by atoms with E-state index in [0.717, 1.165) is 56.6 Å². The number of likely N-dealkylation sites (tertiary alicyclic amines) is 1. The van der Waals surface area contributed by atoms with Crippen LogP contribution in [0.3, 0.4) is 0 Å². The molecular formula is C29H26N6S. The molecule has 5 aromatic heterocycles. The van der Waals surface area contributed by atoms with Gasteiger partial charge in [0.05, 0.1) is 21.8 Å². The molecule has 0 atom stereocenters. The summed E-state index contributed by atoms with van der Waals surface area (Å²) in [5, 5.41) is 10.1. The second-order valence-corrected chi connectivity index (χ2v) is 10.9. The molecule has 6 nitrogen and oxygen atoms in total. The van der Waals surface area contributed by atoms with Crippen molar-refractivity contribution in [1.82, 2.24) is 30.0 Å². The van der Waals surface area contributed by atoms with Gasteiger partial charge >= 0.3 is 0 Å². The molecule has 0 radical (unpaired) electrons. The van der Waals surface area contributed by atoms with Crippen LogP contribution < -0.4 is 0 Å². The van der Waals surface area contributed by atoms with Gasteiger partial charge in [0, 0.05) is 51.9 Å². The number of aryl methyl sites for hydroxylation is 1. The molecule has 0 unspecified atom stereocenters. The van der Waals surface area contributed by atoms with Crippen molar-refractivity contribution in [2.45, 2.75) is 26.3 Å². The zero-order valence-corrected chi connectivity index (χ0v) is 20.9. The van der Waals surface area contributed by atoms with E-state index >= 15 is 0 Å². The molecule has 0 amide bonds. The number of aromatic amines is 2. The molecule has 1 aliphatic heterocycles. The van der Waals surface area contributed by atoms with Gasteiger partial charge in [0.2, 0.25) is 0 Å². The van der Waals surface area contributed by atoms with Gasteiger partial charge in [-0.05, 0) is 86.4 Å². The smallest absolute Gasteiger partial charge is 0.116 e. The fourth-order valence-corrected chi connectivity index (χ4v) is 6.15. The van der Waals surface area contributed by atoms with Gasteiger partial charge in [-0.3, -0.25) is 20.0 Å². The van der Waals surface area contributed by atoms with E-state index in [-0.39, 0.29) is 0 Å². The zero-order chi connectivity index (χ0) is 24.1. The first-order chi connectivity index (χ1) is 17.7. The van der Waals surface area contributed by atoms with E-state index in [1.54, 1.807) is 11.3 Å². The van der Waals surface area contributed by atoms with Gasteiger partial charge in [-0.25, -0.2) is 0 Å². The van der Waals surface area contributed by atoms with Crippen LogP contribution in [-0.2, 0) is 6.54 Å². The monoisotopic (exact) mass is 490 g/mol. The summed E-state index contributed by atoms with van der Waals surface area (Å²) in [6, 6.07) is 17.2. The van der Waals surface area contributed by atoms with Crippen molar-refractivity contribution in [3.8, 4) is 33.1 Å². The number of hydrogen-bond acceptors (Lipinski definition) is 5. The van der Waals surface area contributed by atoms with Crippen molar-refractivity contribution in [1.29, 1.82) is 0 Å². The van der Waals surface area contributed by atoms with Crippen LogP contribution >= 0.6 is 11.3 Å². The van der Waals surface area contributed by atoms with Crippen LogP contribution in [0.1, 0.15) is 23.3 Å². The van der Waals surface area contributed by atoms with E-state index in [1.165, 1.54) is 41.2 Å². The van der Waals surface area contributed by atoms with E-state index in [0.29, 0.717) is 0 Å². The summed E-state index contributed by atoms with van der Waals surface area (Å²) in [4.78, 5) is 17.8. The third-order valence-corrected chi connectivity index (χ3v) is 8.08. The van der Waals surface area contributed by atoms with Gasteiger partial charge in [-0.2, -0.15) is 5.10 Å². The summed E-state index contributed by atoms with van der Waals surface area (Å²) in [5.74, 6) is 0. The molecule has 7 heteroatoms. The first-order valence-corrected chi connectivity index (χ1v) is 13.2. The predicted octanol–water partition coefficient (Wildman–Crippen LogP) is 6.80. The van der Waals surface area contributed by atoms with Crippen LogP contribution in [0.25, 0.3) is 54.9 Å². The number of nitrogens with zero attached hydrogens (tertiary/aromatic N) is 4. The number of rotatable bonds is 5. The molecule has 7 rings (SSSR count). The highest BCUT2D eigenvalue weighted by Crippen LogP contribution is 2.36. The van der Waals surface area contributed by atoms with Gasteiger partial charge in [0.25, 0.3) is 0 Å². The van der Waals surface area contributed by atoms with Crippen molar-refractivity contribution in [2.24, 2.45) is 0 Å². The average molecular weight is 491 g/mol. The number of aromatic nitrogens is 5. The molecule has 1 aromatic carbocycles. The van der Waals surface area contributed by atoms with Crippen molar-refractivity contribution in [2.75, 3.05) is 13.1 Å². The third-order valence-electron chi connectivity index (χ3n) is 7.07. The van der Waals surface area contributed by atoms with E-state index in [2.05, 4.69) is 69.4 Å². The van der Waals surface area contributed by atoms with Gasteiger partial charge in [0.15, 0.2) is 0 Å². The van der Waals surface area contributed by atoms with Crippen LogP contribution in [0.4, 0.5) is 0 Å². The largest absolute Gasteiger partial charge is 0.353 e. The van der Waals surface area contributed by atoms with Crippen LogP contribution in [0, 0.1) is 6.92 Å². The lowest BCUT2D eigenvalue weighted by Gasteiger charge is -2.14. The van der Waals surface area contributed by atoms with Crippen molar-refractivity contribution < 1.29 is 0 Å². The van der Waals surface area contributed by atoms with Crippen molar-refractivity contribution in [3.05, 3.63) is 77.6 Å². The Bertz CT molecular complexity index is 1700. The number of pyridine rings is 2. The topological polar surface area (TPSA) is 73.5 Å². The number of nitrogens with one attached hydrogen (secondary N) is 2. The lowest BCUT2D eigenvalue weighted by molar-refractivity contribution is 0.331. The minimum atomic E-state index is 0.914. The summed E-state index contributed by atoms with van der Waals surface area (Å²) in [6.45, 7) is 5.46. The minimum absolute atomic E-state index is 0.914. The number of benzene rings is 1. The highest BCUT2D eigenvalue weighted by Gasteiger charge is 2.16. The summed E-state index contributed by atoms with van der Waals surface area (Å²) in [5.41, 5.74) is 8.53. The fraction of sp³-hybridized carbons (Fsp3) is 0.207. The van der Waals surface area contributed by atoms with Gasteiger partial charge in [-0.1, -0.05) is 6.07 Å². The second kappa shape index (κ2) is 8.69. The Morgan fingerprint density at radius 2 is 1.78 bits per heavy atom. The molecule has 0 bridgehead atoms. The standard InChI is InChI=1S/C29H26N6S/c1-18-4-7-27(36-18)29-23-14-26(32-24(23)8-9-31-29)28-22-13-20(5-6-25(22)33-34-28)21-12-19(15-30-16-21)17-35-10-2-3-11-35/h4-9,12-16,32H,2-3,10-11,17H2,1H3,(H,33,34). The lowest BCUT2D eigenvalue weighted by atomic mass is 10.0. The first-order valence-electron chi connectivity index (χ1n) is 12.4. The van der Waals surface area contributed by atoms with E-state index in [4.69, 9.17) is 10.1 Å². The molecule has 36 heavy (non-hydrogen) atoms. The SMILES string of the molecule is Cc1ccc(-c2nccc3[nH]c(-c4n[nH]c5ccc(-c6cncc(CN7CCCC7)c6)cc45)cc23)s1. The molecule has 1 saturated heterocycles. The maximum atomic E-state index is 4.70. The normalized spacial score (nSPS) is 14.4. The molecule has 2 N–H and O–H groups in total. The summed E-state index contributed by atoms with van der Waals surface area (Å²) in [6.07, 6.45) is 8.42. The third kappa shape index (κ3) is 3.81. The highest BCUT2D eigenvalue weighted by atomic mass is 32.1. The van der Waals surface area contributed by atoms with Crippen molar-refractivity contribution >= 4 is 33.1 Å². The van der Waals surface area contributed by atoms with E-state index < -0.39 is 0 Å². The van der Waals surface area contributed by atoms with E-state index in [1.807, 2.05) is 24.7 Å². The Kier molecular flexibility index (Phi) is 5.18. The lowest BCUT2D eigenvalue weighted by Crippen LogP contribution is -2.18. The minimum Gasteiger partial charge on any atom is -0.353 e. The fourth-order valence-electron chi connectivity index (χ4n) is 5.27. The highest BCUT2D eigenvalue weighted by molar-refractivity contribution is 7.15. The Balaban J connectivity index is 1.28. The average Bonchev–Trinajstić information content (AvgIpc) is 3.70. The van der Waals surface area contributed by atoms with E-state index in [9.17, 15) is 0 Å². The molecule has 0 aliphatic carbocycles. The quantitative estimate of drug-likeness (QED) is 0.279. The molecule has 1 fully saturated rings. The number of hydrogen-bond donors (Lipinski definition) is 2. The zero-order valence-electron chi connectivity index (χ0n) is 20.1. The first kappa shape index (κ1) is 21.5. The van der Waals surface area contributed by atoms with Crippen molar-refractivity contribution in [3.63, 3.8) is 0 Å². The second-order valence-electron chi connectivity index (χ2n) is 9.61. The molecule has 1 aliphatic rings. The maximum absolute atomic E-state index is 4.70. The molecular weight excluding hydrogens is 464 g/mol. The van der Waals surface area contributed by atoms with Gasteiger partial charge in [0.1, 0.15) is 5.69 Å². The number of fused-ring (bicyclic) bond motifs is 2.